The number of aryl methyl sites for hydroxylation is 1. The predicted molar refractivity (Wildman–Crippen MR) is 44.8 cm³/mol. The average molecular weight is 184 g/mol. The van der Waals surface area contributed by atoms with Gasteiger partial charge in [0.15, 0.2) is 0 Å². The van der Waals surface area contributed by atoms with Crippen LogP contribution >= 0.6 is 0 Å². The maximum Gasteiger partial charge on any atom is 0.126 e. The molecule has 1 aromatic rings. The highest BCUT2D eigenvalue weighted by molar-refractivity contribution is 5.05. The van der Waals surface area contributed by atoms with Crippen LogP contribution in [0.2, 0.25) is 0 Å². The molecule has 0 radical (unpaired) electrons. The zero-order chi connectivity index (χ0) is 9.84. The molecule has 0 aliphatic heterocycles. The molecular formula is C8H12N2O3. The second kappa shape index (κ2) is 4.27. The highest BCUT2D eigenvalue weighted by Gasteiger charge is 2.18. The van der Waals surface area contributed by atoms with E-state index in [9.17, 15) is 5.11 Å². The molecule has 0 amide bonds. The number of aromatic nitrogens is 2. The molecule has 1 aromatic heterocycles. The Balaban J connectivity index is 2.77. The fraction of sp³-hybridized carbons (Fsp3) is 0.500. The van der Waals surface area contributed by atoms with Gasteiger partial charge in [-0.25, -0.2) is 0 Å². The lowest BCUT2D eigenvalue weighted by molar-refractivity contribution is -0.0174. The van der Waals surface area contributed by atoms with Gasteiger partial charge in [-0.2, -0.15) is 0 Å². The van der Waals surface area contributed by atoms with Crippen LogP contribution in [0.1, 0.15) is 17.5 Å². The van der Waals surface area contributed by atoms with Crippen molar-refractivity contribution in [2.24, 2.45) is 0 Å². The van der Waals surface area contributed by atoms with Gasteiger partial charge in [0.25, 0.3) is 0 Å². The topological polar surface area (TPSA) is 86.5 Å². The van der Waals surface area contributed by atoms with Crippen molar-refractivity contribution in [3.63, 3.8) is 0 Å². The lowest BCUT2D eigenvalue weighted by Crippen LogP contribution is -2.23. The largest absolute Gasteiger partial charge is 0.394 e. The van der Waals surface area contributed by atoms with Gasteiger partial charge in [0.05, 0.1) is 24.2 Å². The number of nitrogens with zero attached hydrogens (tertiary/aromatic N) is 2. The van der Waals surface area contributed by atoms with Crippen LogP contribution in [0.3, 0.4) is 0 Å². The molecule has 5 heteroatoms. The minimum atomic E-state index is -1.21. The Morgan fingerprint density at radius 1 is 1.31 bits per heavy atom. The van der Waals surface area contributed by atoms with E-state index >= 15 is 0 Å². The molecule has 0 saturated carbocycles. The van der Waals surface area contributed by atoms with Crippen LogP contribution in [0, 0.1) is 6.92 Å². The van der Waals surface area contributed by atoms with Crippen molar-refractivity contribution in [1.29, 1.82) is 0 Å². The van der Waals surface area contributed by atoms with Gasteiger partial charge in [-0.3, -0.25) is 9.97 Å². The van der Waals surface area contributed by atoms with Crippen LogP contribution in [0.4, 0.5) is 0 Å². The van der Waals surface area contributed by atoms with E-state index in [1.807, 2.05) is 0 Å². The first kappa shape index (κ1) is 10.0. The fourth-order valence-corrected chi connectivity index (χ4v) is 0.852. The summed E-state index contributed by atoms with van der Waals surface area (Å²) in [5, 5.41) is 27.0. The quantitative estimate of drug-likeness (QED) is 0.571. The number of aliphatic hydroxyl groups excluding tert-OH is 3. The van der Waals surface area contributed by atoms with Crippen molar-refractivity contribution < 1.29 is 15.3 Å². The third-order valence-electron chi connectivity index (χ3n) is 1.66. The summed E-state index contributed by atoms with van der Waals surface area (Å²) >= 11 is 0. The molecule has 5 nitrogen and oxygen atoms in total. The molecule has 0 unspecified atom stereocenters. The maximum atomic E-state index is 9.37. The highest BCUT2D eigenvalue weighted by Crippen LogP contribution is 2.12. The minimum absolute atomic E-state index is 0.257. The first-order chi connectivity index (χ1) is 6.15. The summed E-state index contributed by atoms with van der Waals surface area (Å²) in [7, 11) is 0. The molecule has 0 aromatic carbocycles. The van der Waals surface area contributed by atoms with Gasteiger partial charge in [0.1, 0.15) is 12.2 Å². The zero-order valence-electron chi connectivity index (χ0n) is 7.25. The summed E-state index contributed by atoms with van der Waals surface area (Å²) in [5.74, 6) is 0. The zero-order valence-corrected chi connectivity index (χ0v) is 7.25. The van der Waals surface area contributed by atoms with Crippen LogP contribution in [-0.2, 0) is 0 Å². The summed E-state index contributed by atoms with van der Waals surface area (Å²) in [6.07, 6.45) is 0.469. The third kappa shape index (κ3) is 2.45. The van der Waals surface area contributed by atoms with Crippen molar-refractivity contribution in [2.45, 2.75) is 19.1 Å². The molecule has 0 saturated heterocycles. The van der Waals surface area contributed by atoms with Crippen LogP contribution in [0.5, 0.6) is 0 Å². The van der Waals surface area contributed by atoms with Gasteiger partial charge in [0.2, 0.25) is 0 Å². The molecule has 13 heavy (non-hydrogen) atoms. The van der Waals surface area contributed by atoms with Gasteiger partial charge in [-0.1, -0.05) is 0 Å². The minimum Gasteiger partial charge on any atom is -0.394 e. The predicted octanol–water partition coefficient (Wildman–Crippen LogP) is -0.828. The second-order valence-corrected chi connectivity index (χ2v) is 2.78. The van der Waals surface area contributed by atoms with Crippen molar-refractivity contribution in [3.8, 4) is 0 Å². The van der Waals surface area contributed by atoms with Crippen LogP contribution in [0.25, 0.3) is 0 Å². The van der Waals surface area contributed by atoms with Gasteiger partial charge in [-0.15, -0.1) is 0 Å². The van der Waals surface area contributed by atoms with E-state index in [4.69, 9.17) is 10.2 Å². The Morgan fingerprint density at radius 2 is 2.00 bits per heavy atom. The molecule has 1 heterocycles. The number of rotatable bonds is 3. The van der Waals surface area contributed by atoms with Crippen molar-refractivity contribution in [2.75, 3.05) is 6.61 Å². The summed E-state index contributed by atoms with van der Waals surface area (Å²) in [4.78, 5) is 7.77. The smallest absolute Gasteiger partial charge is 0.126 e. The van der Waals surface area contributed by atoms with Gasteiger partial charge in [-0.05, 0) is 6.92 Å². The molecule has 2 atom stereocenters. The van der Waals surface area contributed by atoms with E-state index in [1.54, 1.807) is 6.92 Å². The Labute approximate surface area is 75.7 Å². The lowest BCUT2D eigenvalue weighted by atomic mass is 10.1. The molecule has 0 spiro atoms. The first-order valence-electron chi connectivity index (χ1n) is 3.90. The highest BCUT2D eigenvalue weighted by atomic mass is 16.4. The number of hydrogen-bond donors (Lipinski definition) is 3. The number of hydrogen-bond acceptors (Lipinski definition) is 5. The summed E-state index contributed by atoms with van der Waals surface area (Å²) < 4.78 is 0. The summed E-state index contributed by atoms with van der Waals surface area (Å²) in [5.41, 5.74) is 0.988. The molecule has 0 aliphatic carbocycles. The van der Waals surface area contributed by atoms with Gasteiger partial charge in [0, 0.05) is 6.20 Å². The monoisotopic (exact) mass is 184 g/mol. The Morgan fingerprint density at radius 3 is 2.46 bits per heavy atom. The molecule has 0 bridgehead atoms. The number of aliphatic hydroxyl groups is 3. The van der Waals surface area contributed by atoms with Crippen LogP contribution in [0.15, 0.2) is 12.4 Å². The Bertz CT molecular complexity index is 263. The fourth-order valence-electron chi connectivity index (χ4n) is 0.852. The molecule has 0 fully saturated rings. The SMILES string of the molecule is Cc1cnc([C@H](O)[C@H](O)CO)cn1. The van der Waals surface area contributed by atoms with Crippen molar-refractivity contribution in [1.82, 2.24) is 9.97 Å². The van der Waals surface area contributed by atoms with Crippen LogP contribution in [-0.4, -0.2) is 38.0 Å². The Hall–Kier alpha value is -1.04. The van der Waals surface area contributed by atoms with Gasteiger partial charge < -0.3 is 15.3 Å². The summed E-state index contributed by atoms with van der Waals surface area (Å²) in [6.45, 7) is 1.27. The van der Waals surface area contributed by atoms with E-state index < -0.39 is 18.8 Å². The van der Waals surface area contributed by atoms with E-state index in [0.29, 0.717) is 0 Å². The standard InChI is InChI=1S/C8H12N2O3/c1-5-2-10-6(3-9-5)8(13)7(12)4-11/h2-3,7-8,11-13H,4H2,1H3/t7-,8+/m1/s1. The van der Waals surface area contributed by atoms with Gasteiger partial charge >= 0.3 is 0 Å². The van der Waals surface area contributed by atoms with E-state index in [0.717, 1.165) is 5.69 Å². The molecular weight excluding hydrogens is 172 g/mol. The van der Waals surface area contributed by atoms with Crippen molar-refractivity contribution >= 4 is 0 Å². The average Bonchev–Trinajstić information content (AvgIpc) is 2.17. The second-order valence-electron chi connectivity index (χ2n) is 2.78. The molecule has 1 rings (SSSR count). The van der Waals surface area contributed by atoms with E-state index in [2.05, 4.69) is 9.97 Å². The molecule has 72 valence electrons. The van der Waals surface area contributed by atoms with Crippen molar-refractivity contribution in [3.05, 3.63) is 23.8 Å². The first-order valence-corrected chi connectivity index (χ1v) is 3.90. The lowest BCUT2D eigenvalue weighted by Gasteiger charge is -2.14. The van der Waals surface area contributed by atoms with E-state index in [1.165, 1.54) is 12.4 Å². The summed E-state index contributed by atoms with van der Waals surface area (Å²) in [6, 6.07) is 0. The maximum absolute atomic E-state index is 9.37. The normalized spacial score (nSPS) is 15.4. The van der Waals surface area contributed by atoms with E-state index in [-0.39, 0.29) is 5.69 Å². The third-order valence-corrected chi connectivity index (χ3v) is 1.66. The molecule has 3 N–H and O–H groups in total. The van der Waals surface area contributed by atoms with Crippen LogP contribution < -0.4 is 0 Å². The molecule has 0 aliphatic rings. The Kier molecular flexibility index (Phi) is 3.30.